The van der Waals surface area contributed by atoms with Crippen LogP contribution in [0.1, 0.15) is 34.1 Å². The lowest BCUT2D eigenvalue weighted by molar-refractivity contribution is -0.113. The number of carbonyl (C=O) groups excluding carboxylic acids is 2. The number of anilines is 2. The summed E-state index contributed by atoms with van der Waals surface area (Å²) in [6.45, 7) is 3.66. The van der Waals surface area contributed by atoms with E-state index < -0.39 is 21.6 Å². The van der Waals surface area contributed by atoms with Crippen LogP contribution in [-0.2, 0) is 21.1 Å². The first-order valence-electron chi connectivity index (χ1n) is 11.7. The molecular formula is C27H30N4O6S. The number of nitrogens with zero attached hydrogens (tertiary/aromatic N) is 2. The summed E-state index contributed by atoms with van der Waals surface area (Å²) in [5.74, 6) is -1.10. The molecule has 3 N–H and O–H groups in total. The predicted molar refractivity (Wildman–Crippen MR) is 145 cm³/mol. The molecular weight excluding hydrogens is 508 g/mol. The minimum Gasteiger partial charge on any atom is -0.497 e. The molecule has 10 nitrogen and oxygen atoms in total. The lowest BCUT2D eigenvalue weighted by Gasteiger charge is -2.17. The maximum Gasteiger partial charge on any atom is 0.276 e. The van der Waals surface area contributed by atoms with Crippen molar-refractivity contribution in [3.05, 3.63) is 83.2 Å². The van der Waals surface area contributed by atoms with Gasteiger partial charge >= 0.3 is 0 Å². The molecule has 11 heteroatoms. The van der Waals surface area contributed by atoms with E-state index in [1.807, 2.05) is 13.0 Å². The van der Waals surface area contributed by atoms with Gasteiger partial charge in [-0.1, -0.05) is 6.92 Å². The third kappa shape index (κ3) is 6.75. The van der Waals surface area contributed by atoms with Crippen molar-refractivity contribution in [2.45, 2.75) is 25.2 Å². The highest BCUT2D eigenvalue weighted by atomic mass is 32.2. The van der Waals surface area contributed by atoms with Crippen LogP contribution in [0, 0.1) is 6.92 Å². The molecule has 0 saturated carbocycles. The molecule has 0 aliphatic rings. The van der Waals surface area contributed by atoms with Crippen LogP contribution in [0.3, 0.4) is 0 Å². The number of sulfone groups is 1. The standard InChI is InChI=1S/C27H30N4O6S/c1-5-20-16-21(12-13-28-20)31(3)25(32)11-6-19-14-18(2)26(24(15-19)27(33)30-34)29-17-38(35,36)23-9-7-22(37-4)8-10-23/h6-16,29,34H,5,17H2,1-4H3,(H,30,33). The second-order valence-electron chi connectivity index (χ2n) is 8.40. The summed E-state index contributed by atoms with van der Waals surface area (Å²) >= 11 is 0. The van der Waals surface area contributed by atoms with Crippen LogP contribution in [0.4, 0.5) is 11.4 Å². The van der Waals surface area contributed by atoms with Crippen LogP contribution in [0.25, 0.3) is 6.08 Å². The van der Waals surface area contributed by atoms with Gasteiger partial charge in [0.15, 0.2) is 9.84 Å². The van der Waals surface area contributed by atoms with Gasteiger partial charge in [-0.25, -0.2) is 13.9 Å². The average Bonchev–Trinajstić information content (AvgIpc) is 2.94. The Kier molecular flexibility index (Phi) is 9.21. The lowest BCUT2D eigenvalue weighted by Crippen LogP contribution is -2.24. The van der Waals surface area contributed by atoms with E-state index >= 15 is 0 Å². The second kappa shape index (κ2) is 12.3. The SMILES string of the molecule is CCc1cc(N(C)C(=O)C=Cc2cc(C)c(NCS(=O)(=O)c3ccc(OC)cc3)c(C(=O)NO)c2)ccn1. The highest BCUT2D eigenvalue weighted by Crippen LogP contribution is 2.26. The van der Waals surface area contributed by atoms with Gasteiger partial charge in [-0.05, 0) is 79.1 Å². The Morgan fingerprint density at radius 1 is 1.13 bits per heavy atom. The maximum absolute atomic E-state index is 12.8. The number of aromatic nitrogens is 1. The minimum atomic E-state index is -3.75. The van der Waals surface area contributed by atoms with Gasteiger partial charge < -0.3 is 15.0 Å². The van der Waals surface area contributed by atoms with E-state index in [2.05, 4.69) is 10.3 Å². The monoisotopic (exact) mass is 538 g/mol. The Morgan fingerprint density at radius 2 is 1.84 bits per heavy atom. The maximum atomic E-state index is 12.8. The molecule has 38 heavy (non-hydrogen) atoms. The molecule has 0 fully saturated rings. The number of carbonyl (C=O) groups is 2. The van der Waals surface area contributed by atoms with E-state index in [-0.39, 0.29) is 22.1 Å². The third-order valence-corrected chi connectivity index (χ3v) is 7.37. The van der Waals surface area contributed by atoms with E-state index in [0.717, 1.165) is 12.1 Å². The van der Waals surface area contributed by atoms with Crippen molar-refractivity contribution < 1.29 is 28.0 Å². The first kappa shape index (κ1) is 28.4. The van der Waals surface area contributed by atoms with Crippen LogP contribution in [0.2, 0.25) is 0 Å². The zero-order valence-electron chi connectivity index (χ0n) is 21.6. The van der Waals surface area contributed by atoms with E-state index in [9.17, 15) is 23.2 Å². The van der Waals surface area contributed by atoms with Gasteiger partial charge in [-0.3, -0.25) is 19.8 Å². The number of hydrogen-bond acceptors (Lipinski definition) is 8. The van der Waals surface area contributed by atoms with Crippen molar-refractivity contribution in [3.8, 4) is 5.75 Å². The normalized spacial score (nSPS) is 11.3. The molecule has 200 valence electrons. The summed E-state index contributed by atoms with van der Waals surface area (Å²) in [5, 5.41) is 12.1. The average molecular weight is 539 g/mol. The van der Waals surface area contributed by atoms with Gasteiger partial charge in [0.25, 0.3) is 11.8 Å². The van der Waals surface area contributed by atoms with E-state index in [1.54, 1.807) is 56.0 Å². The molecule has 2 aromatic carbocycles. The number of amides is 2. The molecule has 0 bridgehead atoms. The first-order chi connectivity index (χ1) is 18.1. The first-order valence-corrected chi connectivity index (χ1v) is 13.3. The van der Waals surface area contributed by atoms with Gasteiger partial charge in [0.1, 0.15) is 11.6 Å². The van der Waals surface area contributed by atoms with E-state index in [1.165, 1.54) is 36.3 Å². The van der Waals surface area contributed by atoms with Crippen molar-refractivity contribution in [1.82, 2.24) is 10.5 Å². The fourth-order valence-electron chi connectivity index (χ4n) is 3.69. The van der Waals surface area contributed by atoms with Crippen molar-refractivity contribution >= 4 is 39.1 Å². The summed E-state index contributed by atoms with van der Waals surface area (Å²) < 4.78 is 30.7. The van der Waals surface area contributed by atoms with E-state index in [0.29, 0.717) is 22.6 Å². The zero-order chi connectivity index (χ0) is 27.9. The van der Waals surface area contributed by atoms with Crippen LogP contribution in [-0.4, -0.2) is 50.5 Å². The molecule has 1 aromatic heterocycles. The quantitative estimate of drug-likeness (QED) is 0.202. The molecule has 0 atom stereocenters. The van der Waals surface area contributed by atoms with Gasteiger partial charge in [-0.2, -0.15) is 0 Å². The number of aryl methyl sites for hydroxylation is 2. The van der Waals surface area contributed by atoms with Crippen molar-refractivity contribution in [2.24, 2.45) is 0 Å². The summed E-state index contributed by atoms with van der Waals surface area (Å²) in [6.07, 6.45) is 5.29. The lowest BCUT2D eigenvalue weighted by atomic mass is 10.0. The molecule has 3 rings (SSSR count). The second-order valence-corrected chi connectivity index (χ2v) is 10.4. The fraction of sp³-hybridized carbons (Fsp3) is 0.222. The number of benzene rings is 2. The van der Waals surface area contributed by atoms with Crippen molar-refractivity contribution in [2.75, 3.05) is 30.3 Å². The van der Waals surface area contributed by atoms with Crippen LogP contribution in [0.5, 0.6) is 5.75 Å². The third-order valence-electron chi connectivity index (χ3n) is 5.86. The van der Waals surface area contributed by atoms with Gasteiger partial charge in [0.05, 0.1) is 23.3 Å². The molecule has 1 heterocycles. The Balaban J connectivity index is 1.83. The van der Waals surface area contributed by atoms with Crippen LogP contribution in [0.15, 0.2) is 65.7 Å². The fourth-order valence-corrected chi connectivity index (χ4v) is 4.74. The molecule has 0 unspecified atom stereocenters. The molecule has 2 amide bonds. The number of rotatable bonds is 10. The number of hydroxylamine groups is 1. The molecule has 0 aliphatic carbocycles. The number of pyridine rings is 1. The molecule has 0 aliphatic heterocycles. The minimum absolute atomic E-state index is 0.0135. The van der Waals surface area contributed by atoms with Gasteiger partial charge in [0, 0.05) is 30.7 Å². The van der Waals surface area contributed by atoms with Crippen LogP contribution < -0.4 is 20.4 Å². The number of methoxy groups -OCH3 is 1. The van der Waals surface area contributed by atoms with Crippen molar-refractivity contribution in [3.63, 3.8) is 0 Å². The largest absolute Gasteiger partial charge is 0.497 e. The summed E-state index contributed by atoms with van der Waals surface area (Å²) in [6, 6.07) is 12.7. The summed E-state index contributed by atoms with van der Waals surface area (Å²) in [5.41, 5.74) is 4.44. The van der Waals surface area contributed by atoms with E-state index in [4.69, 9.17) is 4.74 Å². The van der Waals surface area contributed by atoms with Crippen LogP contribution >= 0.6 is 0 Å². The Labute approximate surface area is 221 Å². The number of hydrogen-bond donors (Lipinski definition) is 3. The highest BCUT2D eigenvalue weighted by Gasteiger charge is 2.19. The highest BCUT2D eigenvalue weighted by molar-refractivity contribution is 7.91. The Morgan fingerprint density at radius 3 is 2.47 bits per heavy atom. The Hall–Kier alpha value is -4.22. The smallest absolute Gasteiger partial charge is 0.276 e. The summed E-state index contributed by atoms with van der Waals surface area (Å²) in [7, 11) is -0.621. The summed E-state index contributed by atoms with van der Waals surface area (Å²) in [4.78, 5) is 31.0. The topological polar surface area (TPSA) is 138 Å². The molecule has 0 saturated heterocycles. The number of nitrogens with one attached hydrogen (secondary N) is 2. The van der Waals surface area contributed by atoms with Gasteiger partial charge in [0.2, 0.25) is 0 Å². The molecule has 0 spiro atoms. The number of ether oxygens (including phenoxy) is 1. The zero-order valence-corrected chi connectivity index (χ0v) is 22.4. The molecule has 0 radical (unpaired) electrons. The number of likely N-dealkylation sites (N-methyl/N-ethyl adjacent to an activating group) is 1. The Bertz CT molecular complexity index is 1450. The van der Waals surface area contributed by atoms with Crippen molar-refractivity contribution in [1.29, 1.82) is 0 Å². The predicted octanol–water partition coefficient (Wildman–Crippen LogP) is 3.60. The van der Waals surface area contributed by atoms with Gasteiger partial charge in [-0.15, -0.1) is 0 Å². The molecule has 3 aromatic rings.